The molecule has 0 radical (unpaired) electrons. The summed E-state index contributed by atoms with van der Waals surface area (Å²) in [6.45, 7) is 13.6. The highest BCUT2D eigenvalue weighted by Gasteiger charge is 2.70. The summed E-state index contributed by atoms with van der Waals surface area (Å²) in [5.74, 6) is 0.828. The maximum Gasteiger partial charge on any atom is 0.310 e. The monoisotopic (exact) mass is 488 g/mol. The molecule has 0 spiro atoms. The van der Waals surface area contributed by atoms with Gasteiger partial charge in [0.25, 0.3) is 0 Å². The molecule has 0 heterocycles. The zero-order valence-corrected chi connectivity index (χ0v) is 22.7. The van der Waals surface area contributed by atoms with E-state index in [1.165, 1.54) is 5.57 Å². The molecule has 0 aromatic heterocycles. The van der Waals surface area contributed by atoms with Crippen molar-refractivity contribution in [1.29, 1.82) is 0 Å². The molecular formula is C30H48O5. The summed E-state index contributed by atoms with van der Waals surface area (Å²) in [6, 6.07) is 0. The molecule has 0 amide bonds. The van der Waals surface area contributed by atoms with E-state index in [2.05, 4.69) is 40.7 Å². The third-order valence-electron chi connectivity index (χ3n) is 13.5. The molecule has 4 fully saturated rings. The van der Waals surface area contributed by atoms with Gasteiger partial charge in [-0.05, 0) is 97.2 Å². The normalized spacial score (nSPS) is 57.7. The predicted molar refractivity (Wildman–Crippen MR) is 135 cm³/mol. The zero-order chi connectivity index (χ0) is 25.8. The summed E-state index contributed by atoms with van der Waals surface area (Å²) in [4.78, 5) is 12.8. The molecule has 5 aliphatic rings. The van der Waals surface area contributed by atoms with Crippen LogP contribution < -0.4 is 0 Å². The molecule has 0 saturated heterocycles. The summed E-state index contributed by atoms with van der Waals surface area (Å²) in [7, 11) is 0. The van der Waals surface area contributed by atoms with Crippen molar-refractivity contribution in [2.24, 2.45) is 56.7 Å². The van der Waals surface area contributed by atoms with Gasteiger partial charge in [-0.25, -0.2) is 0 Å². The second-order valence-electron chi connectivity index (χ2n) is 14.5. The first-order valence-electron chi connectivity index (χ1n) is 14.1. The van der Waals surface area contributed by atoms with Crippen molar-refractivity contribution in [2.75, 3.05) is 6.61 Å². The third-order valence-corrected chi connectivity index (χ3v) is 13.5. The van der Waals surface area contributed by atoms with Gasteiger partial charge < -0.3 is 20.4 Å². The van der Waals surface area contributed by atoms with E-state index in [1.54, 1.807) is 0 Å². The highest BCUT2D eigenvalue weighted by Crippen LogP contribution is 2.75. The number of rotatable bonds is 2. The maximum absolute atomic E-state index is 12.8. The standard InChI is InChI=1S/C30H48O5/c1-17-9-12-30(25(34)35)14-13-28(5)19(23(30)18(17)2)7-8-22-26(3)15-20(32)24(33)27(4,16-31)21(26)10-11-29(22,28)6/h7,17-18,20-24,31-33H,8-16H2,1-6H3,(H,34,35)/t17-,18+,20-,21+,22+,23+,24-,26+,27+,28-,29-,30+/m1/s1. The molecule has 0 aromatic carbocycles. The van der Waals surface area contributed by atoms with Crippen molar-refractivity contribution in [3.63, 3.8) is 0 Å². The molecular weight excluding hydrogens is 440 g/mol. The van der Waals surface area contributed by atoms with E-state index in [1.807, 2.05) is 6.92 Å². The van der Waals surface area contributed by atoms with Gasteiger partial charge in [-0.2, -0.15) is 0 Å². The van der Waals surface area contributed by atoms with Crippen LogP contribution in [-0.2, 0) is 4.79 Å². The molecule has 35 heavy (non-hydrogen) atoms. The van der Waals surface area contributed by atoms with Crippen LogP contribution in [0.15, 0.2) is 11.6 Å². The summed E-state index contributed by atoms with van der Waals surface area (Å²) in [6.07, 6.45) is 7.51. The average molecular weight is 489 g/mol. The Morgan fingerprint density at radius 1 is 1.00 bits per heavy atom. The molecule has 5 nitrogen and oxygen atoms in total. The fraction of sp³-hybridized carbons (Fsp3) is 0.900. The summed E-state index contributed by atoms with van der Waals surface area (Å²) < 4.78 is 0. The summed E-state index contributed by atoms with van der Waals surface area (Å²) in [5, 5.41) is 42.9. The number of carboxylic acid groups (broad SMARTS) is 1. The van der Waals surface area contributed by atoms with Gasteiger partial charge in [0.15, 0.2) is 0 Å². The van der Waals surface area contributed by atoms with Gasteiger partial charge in [0.2, 0.25) is 0 Å². The zero-order valence-electron chi connectivity index (χ0n) is 22.7. The highest BCUT2D eigenvalue weighted by atomic mass is 16.4. The number of hydrogen-bond acceptors (Lipinski definition) is 4. The summed E-state index contributed by atoms with van der Waals surface area (Å²) in [5.41, 5.74) is -0.214. The van der Waals surface area contributed by atoms with E-state index >= 15 is 0 Å². The highest BCUT2D eigenvalue weighted by molar-refractivity contribution is 5.76. The van der Waals surface area contributed by atoms with Crippen LogP contribution in [-0.4, -0.2) is 45.2 Å². The number of aliphatic carboxylic acids is 1. The number of aliphatic hydroxyl groups is 3. The lowest BCUT2D eigenvalue weighted by atomic mass is 9.33. The van der Waals surface area contributed by atoms with Gasteiger partial charge in [0.1, 0.15) is 0 Å². The number of carboxylic acids is 1. The Morgan fingerprint density at radius 2 is 1.69 bits per heavy atom. The molecule has 198 valence electrons. The fourth-order valence-corrected chi connectivity index (χ4v) is 11.0. The van der Waals surface area contributed by atoms with Crippen molar-refractivity contribution < 1.29 is 25.2 Å². The van der Waals surface area contributed by atoms with Crippen LogP contribution in [0, 0.1) is 56.7 Å². The van der Waals surface area contributed by atoms with Gasteiger partial charge in [-0.1, -0.05) is 53.2 Å². The first-order valence-corrected chi connectivity index (χ1v) is 14.1. The smallest absolute Gasteiger partial charge is 0.310 e. The molecule has 4 saturated carbocycles. The van der Waals surface area contributed by atoms with Crippen molar-refractivity contribution in [3.8, 4) is 0 Å². The number of aliphatic hydroxyl groups excluding tert-OH is 3. The Hall–Kier alpha value is -0.910. The van der Waals surface area contributed by atoms with E-state index < -0.39 is 29.0 Å². The van der Waals surface area contributed by atoms with Gasteiger partial charge in [-0.15, -0.1) is 0 Å². The van der Waals surface area contributed by atoms with Crippen molar-refractivity contribution in [1.82, 2.24) is 0 Å². The molecule has 5 heteroatoms. The molecule has 0 unspecified atom stereocenters. The molecule has 12 atom stereocenters. The van der Waals surface area contributed by atoms with Crippen molar-refractivity contribution in [3.05, 3.63) is 11.6 Å². The van der Waals surface area contributed by atoms with Gasteiger partial charge in [0.05, 0.1) is 24.2 Å². The van der Waals surface area contributed by atoms with Crippen LogP contribution in [0.1, 0.15) is 92.9 Å². The molecule has 4 N–H and O–H groups in total. The van der Waals surface area contributed by atoms with Crippen LogP contribution >= 0.6 is 0 Å². The molecule has 5 aliphatic carbocycles. The van der Waals surface area contributed by atoms with Crippen LogP contribution in [0.2, 0.25) is 0 Å². The maximum atomic E-state index is 12.8. The lowest BCUT2D eigenvalue weighted by Crippen LogP contribution is -2.68. The second-order valence-corrected chi connectivity index (χ2v) is 14.5. The third kappa shape index (κ3) is 2.95. The number of hydrogen-bond donors (Lipinski definition) is 4. The minimum Gasteiger partial charge on any atom is -0.481 e. The molecule has 0 aromatic rings. The Labute approximate surface area is 211 Å². The van der Waals surface area contributed by atoms with E-state index in [0.29, 0.717) is 24.2 Å². The minimum atomic E-state index is -0.907. The van der Waals surface area contributed by atoms with Crippen LogP contribution in [0.4, 0.5) is 0 Å². The van der Waals surface area contributed by atoms with E-state index in [4.69, 9.17) is 0 Å². The van der Waals surface area contributed by atoms with Gasteiger partial charge in [-0.3, -0.25) is 4.79 Å². The Morgan fingerprint density at radius 3 is 2.31 bits per heavy atom. The van der Waals surface area contributed by atoms with Crippen LogP contribution in [0.5, 0.6) is 0 Å². The van der Waals surface area contributed by atoms with E-state index in [-0.39, 0.29) is 34.7 Å². The summed E-state index contributed by atoms with van der Waals surface area (Å²) >= 11 is 0. The molecule has 5 rings (SSSR count). The average Bonchev–Trinajstić information content (AvgIpc) is 2.80. The Kier molecular flexibility index (Phi) is 5.73. The van der Waals surface area contributed by atoms with Crippen molar-refractivity contribution in [2.45, 2.75) is 105 Å². The van der Waals surface area contributed by atoms with E-state index in [0.717, 1.165) is 44.9 Å². The number of fused-ring (bicyclic) bond motifs is 7. The predicted octanol–water partition coefficient (Wildman–Crippen LogP) is 5.03. The molecule has 0 bridgehead atoms. The quantitative estimate of drug-likeness (QED) is 0.409. The SMILES string of the molecule is C[C@H]1[C@H](C)CC[C@]2(C(=O)O)CC[C@]3(C)C(=CC[C@H]4[C@@]5(C)C[C@@H](O)[C@@H](O)[C@@](C)(CO)[C@H]5CC[C@]43C)[C@H]12. The lowest BCUT2D eigenvalue weighted by molar-refractivity contribution is -0.244. The second kappa shape index (κ2) is 7.80. The number of allylic oxidation sites excluding steroid dienone is 2. The van der Waals surface area contributed by atoms with Gasteiger partial charge >= 0.3 is 5.97 Å². The van der Waals surface area contributed by atoms with E-state index in [9.17, 15) is 25.2 Å². The Bertz CT molecular complexity index is 930. The number of carbonyl (C=O) groups is 1. The van der Waals surface area contributed by atoms with Crippen molar-refractivity contribution >= 4 is 5.97 Å². The fourth-order valence-electron chi connectivity index (χ4n) is 11.0. The first-order chi connectivity index (χ1) is 16.2. The van der Waals surface area contributed by atoms with Crippen LogP contribution in [0.3, 0.4) is 0 Å². The minimum absolute atomic E-state index is 0.00815. The largest absolute Gasteiger partial charge is 0.481 e. The molecule has 0 aliphatic heterocycles. The lowest BCUT2D eigenvalue weighted by Gasteiger charge is -2.71. The van der Waals surface area contributed by atoms with Crippen LogP contribution in [0.25, 0.3) is 0 Å². The van der Waals surface area contributed by atoms with Gasteiger partial charge in [0, 0.05) is 5.41 Å². The Balaban J connectivity index is 1.62. The first kappa shape index (κ1) is 25.7. The topological polar surface area (TPSA) is 98.0 Å².